The van der Waals surface area contributed by atoms with Gasteiger partial charge in [0.05, 0.1) is 6.04 Å². The monoisotopic (exact) mass is 411 g/mol. The summed E-state index contributed by atoms with van der Waals surface area (Å²) in [5.74, 6) is 1.46. The molecule has 0 radical (unpaired) electrons. The van der Waals surface area contributed by atoms with E-state index >= 15 is 0 Å². The number of phenolic OH excluding ortho intramolecular Hbond substituents is 1. The molecule has 4 rings (SSSR count). The summed E-state index contributed by atoms with van der Waals surface area (Å²) < 4.78 is 0. The molecule has 0 saturated carbocycles. The van der Waals surface area contributed by atoms with Crippen molar-refractivity contribution >= 4 is 17.6 Å². The van der Waals surface area contributed by atoms with Gasteiger partial charge in [0.15, 0.2) is 0 Å². The van der Waals surface area contributed by atoms with E-state index in [-0.39, 0.29) is 12.0 Å². The Bertz CT molecular complexity index is 1100. The Labute approximate surface area is 184 Å². The van der Waals surface area contributed by atoms with Crippen molar-refractivity contribution in [2.24, 2.45) is 10.9 Å². The van der Waals surface area contributed by atoms with Gasteiger partial charge in [-0.25, -0.2) is 4.98 Å². The number of allylic oxidation sites excluding steroid dienone is 1. The van der Waals surface area contributed by atoms with E-state index < -0.39 is 0 Å². The van der Waals surface area contributed by atoms with Gasteiger partial charge in [-0.3, -0.25) is 4.99 Å². The smallest absolute Gasteiger partial charge is 0.130 e. The molecule has 4 heteroatoms. The minimum absolute atomic E-state index is 0.0937. The summed E-state index contributed by atoms with van der Waals surface area (Å²) in [7, 11) is 4.01. The number of aromatic hydroxyl groups is 1. The van der Waals surface area contributed by atoms with Crippen molar-refractivity contribution in [2.45, 2.75) is 25.8 Å². The Morgan fingerprint density at radius 2 is 1.74 bits per heavy atom. The molecule has 2 atom stereocenters. The van der Waals surface area contributed by atoms with Gasteiger partial charge in [0, 0.05) is 43.6 Å². The molecule has 1 aromatic heterocycles. The van der Waals surface area contributed by atoms with Crippen LogP contribution in [0.3, 0.4) is 0 Å². The van der Waals surface area contributed by atoms with Crippen molar-refractivity contribution in [1.82, 2.24) is 4.98 Å². The lowest BCUT2D eigenvalue weighted by Gasteiger charge is -2.27. The van der Waals surface area contributed by atoms with Gasteiger partial charge in [0.1, 0.15) is 11.6 Å². The summed E-state index contributed by atoms with van der Waals surface area (Å²) in [5, 5.41) is 10.5. The summed E-state index contributed by atoms with van der Waals surface area (Å²) in [4.78, 5) is 11.6. The predicted octanol–water partition coefficient (Wildman–Crippen LogP) is 5.62. The van der Waals surface area contributed by atoms with Crippen LogP contribution < -0.4 is 4.90 Å². The molecule has 2 heterocycles. The molecule has 4 nitrogen and oxygen atoms in total. The maximum absolute atomic E-state index is 10.5. The third-order valence-electron chi connectivity index (χ3n) is 5.85. The first kappa shape index (κ1) is 20.9. The average molecular weight is 412 g/mol. The molecule has 31 heavy (non-hydrogen) atoms. The highest BCUT2D eigenvalue weighted by Gasteiger charge is 2.26. The van der Waals surface area contributed by atoms with E-state index in [9.17, 15) is 5.11 Å². The molecule has 158 valence electrons. The molecule has 0 saturated heterocycles. The van der Waals surface area contributed by atoms with Crippen molar-refractivity contribution in [3.05, 3.63) is 95.2 Å². The fourth-order valence-electron chi connectivity index (χ4n) is 4.27. The number of anilines is 1. The lowest BCUT2D eigenvalue weighted by atomic mass is 9.84. The molecule has 0 fully saturated rings. The first-order valence-corrected chi connectivity index (χ1v) is 10.7. The lowest BCUT2D eigenvalue weighted by Crippen LogP contribution is -2.16. The molecular weight excluding hydrogens is 382 g/mol. The van der Waals surface area contributed by atoms with Gasteiger partial charge in [-0.15, -0.1) is 0 Å². The van der Waals surface area contributed by atoms with Crippen LogP contribution in [0, 0.1) is 12.8 Å². The van der Waals surface area contributed by atoms with Crippen molar-refractivity contribution in [3.63, 3.8) is 0 Å². The maximum Gasteiger partial charge on any atom is 0.130 e. The molecule has 0 spiro atoms. The SMILES string of the molecule is Cc1cc(C2=CC(CCc3ccccc3)C(c3ccccc3O)N=C2)cnc1N(C)C. The Balaban J connectivity index is 1.65. The number of rotatable bonds is 6. The van der Waals surface area contributed by atoms with Gasteiger partial charge in [-0.05, 0) is 48.6 Å². The van der Waals surface area contributed by atoms with Gasteiger partial charge >= 0.3 is 0 Å². The third kappa shape index (κ3) is 4.69. The molecule has 0 aliphatic carbocycles. The summed E-state index contributed by atoms with van der Waals surface area (Å²) in [6, 6.07) is 20.2. The minimum atomic E-state index is -0.0937. The lowest BCUT2D eigenvalue weighted by molar-refractivity contribution is 0.434. The highest BCUT2D eigenvalue weighted by molar-refractivity contribution is 6.10. The second kappa shape index (κ2) is 9.17. The van der Waals surface area contributed by atoms with Gasteiger partial charge in [-0.2, -0.15) is 0 Å². The Morgan fingerprint density at radius 3 is 2.45 bits per heavy atom. The number of dihydropyridines is 1. The number of aromatic nitrogens is 1. The number of aryl methyl sites for hydroxylation is 2. The van der Waals surface area contributed by atoms with E-state index in [2.05, 4.69) is 48.3 Å². The fourth-order valence-corrected chi connectivity index (χ4v) is 4.27. The van der Waals surface area contributed by atoms with Crippen molar-refractivity contribution in [1.29, 1.82) is 0 Å². The Morgan fingerprint density at radius 1 is 1.00 bits per heavy atom. The maximum atomic E-state index is 10.5. The van der Waals surface area contributed by atoms with Crippen LogP contribution in [0.1, 0.15) is 34.7 Å². The number of nitrogens with zero attached hydrogens (tertiary/aromatic N) is 3. The molecule has 2 aromatic carbocycles. The van der Waals surface area contributed by atoms with Crippen LogP contribution in [0.2, 0.25) is 0 Å². The van der Waals surface area contributed by atoms with Crippen LogP contribution in [0.5, 0.6) is 5.75 Å². The van der Waals surface area contributed by atoms with Crippen LogP contribution in [0.25, 0.3) is 5.57 Å². The van der Waals surface area contributed by atoms with E-state index in [4.69, 9.17) is 4.99 Å². The quantitative estimate of drug-likeness (QED) is 0.573. The van der Waals surface area contributed by atoms with Crippen LogP contribution in [0.15, 0.2) is 77.9 Å². The fraction of sp³-hybridized carbons (Fsp3) is 0.259. The molecule has 1 aliphatic heterocycles. The molecule has 2 unspecified atom stereocenters. The van der Waals surface area contributed by atoms with Crippen LogP contribution in [-0.2, 0) is 6.42 Å². The topological polar surface area (TPSA) is 48.7 Å². The van der Waals surface area contributed by atoms with E-state index in [1.54, 1.807) is 6.07 Å². The molecule has 1 N–H and O–H groups in total. The standard InChI is InChI=1S/C27H29N3O/c1-19-15-22(18-29-27(19)30(2)3)23-16-21(14-13-20-9-5-4-6-10-20)26(28-17-23)24-11-7-8-12-25(24)31/h4-12,15-18,21,26,31H,13-14H2,1-3H3. The van der Waals surface area contributed by atoms with Gasteiger partial charge < -0.3 is 10.0 Å². The van der Waals surface area contributed by atoms with Crippen LogP contribution in [-0.4, -0.2) is 30.4 Å². The summed E-state index contributed by atoms with van der Waals surface area (Å²) >= 11 is 0. The van der Waals surface area contributed by atoms with E-state index in [1.807, 2.05) is 55.7 Å². The van der Waals surface area contributed by atoms with Crippen molar-refractivity contribution in [2.75, 3.05) is 19.0 Å². The Hall–Kier alpha value is -3.40. The zero-order chi connectivity index (χ0) is 21.8. The number of pyridine rings is 1. The summed E-state index contributed by atoms with van der Waals surface area (Å²) in [6.45, 7) is 2.09. The highest BCUT2D eigenvalue weighted by Crippen LogP contribution is 2.39. The summed E-state index contributed by atoms with van der Waals surface area (Å²) in [5.41, 5.74) is 5.50. The molecular formula is C27H29N3O. The Kier molecular flexibility index (Phi) is 6.17. The number of benzene rings is 2. The third-order valence-corrected chi connectivity index (χ3v) is 5.85. The largest absolute Gasteiger partial charge is 0.508 e. The number of hydrogen-bond donors (Lipinski definition) is 1. The number of phenols is 1. The van der Waals surface area contributed by atoms with Gasteiger partial charge in [0.2, 0.25) is 0 Å². The minimum Gasteiger partial charge on any atom is -0.508 e. The second-order valence-corrected chi connectivity index (χ2v) is 8.35. The van der Waals surface area contributed by atoms with E-state index in [0.717, 1.165) is 40.9 Å². The first-order chi connectivity index (χ1) is 15.0. The second-order valence-electron chi connectivity index (χ2n) is 8.35. The van der Waals surface area contributed by atoms with Gasteiger partial charge in [0.25, 0.3) is 0 Å². The molecule has 3 aromatic rings. The normalized spacial score (nSPS) is 18.0. The molecule has 0 bridgehead atoms. The number of hydrogen-bond acceptors (Lipinski definition) is 4. The number of aliphatic imine (C=N–C) groups is 1. The molecule has 0 amide bonds. The van der Waals surface area contributed by atoms with E-state index in [0.29, 0.717) is 5.75 Å². The molecule has 1 aliphatic rings. The van der Waals surface area contributed by atoms with Crippen molar-refractivity contribution in [3.8, 4) is 5.75 Å². The van der Waals surface area contributed by atoms with Crippen molar-refractivity contribution < 1.29 is 5.11 Å². The van der Waals surface area contributed by atoms with E-state index in [1.165, 1.54) is 5.56 Å². The highest BCUT2D eigenvalue weighted by atomic mass is 16.3. The predicted molar refractivity (Wildman–Crippen MR) is 129 cm³/mol. The average Bonchev–Trinajstić information content (AvgIpc) is 2.78. The van der Waals surface area contributed by atoms with Crippen LogP contribution >= 0.6 is 0 Å². The number of para-hydroxylation sites is 1. The first-order valence-electron chi connectivity index (χ1n) is 10.7. The van der Waals surface area contributed by atoms with Gasteiger partial charge in [-0.1, -0.05) is 54.6 Å². The zero-order valence-corrected chi connectivity index (χ0v) is 18.4. The zero-order valence-electron chi connectivity index (χ0n) is 18.4. The summed E-state index contributed by atoms with van der Waals surface area (Å²) in [6.07, 6.45) is 8.08. The van der Waals surface area contributed by atoms with Crippen LogP contribution in [0.4, 0.5) is 5.82 Å².